The first-order chi connectivity index (χ1) is 7.55. The Morgan fingerprint density at radius 2 is 1.22 bits per heavy atom. The van der Waals surface area contributed by atoms with Crippen LogP contribution in [0.2, 0.25) is 0 Å². The van der Waals surface area contributed by atoms with Crippen molar-refractivity contribution in [3.63, 3.8) is 0 Å². The van der Waals surface area contributed by atoms with Crippen molar-refractivity contribution in [2.45, 2.75) is 12.4 Å². The molecule has 2 nitrogen and oxygen atoms in total. The molecule has 109 valence electrons. The average molecular weight is 443 g/mol. The number of aliphatic hydroxyl groups excluding tert-OH is 1. The van der Waals surface area contributed by atoms with Crippen molar-refractivity contribution in [1.82, 2.24) is 0 Å². The van der Waals surface area contributed by atoms with Gasteiger partial charge in [0, 0.05) is 6.08 Å². The van der Waals surface area contributed by atoms with E-state index in [0.717, 1.165) is 0 Å². The summed E-state index contributed by atoms with van der Waals surface area (Å²) in [6, 6.07) is 0. The molecule has 0 atom stereocenters. The molecule has 0 amide bonds. The zero-order valence-corrected chi connectivity index (χ0v) is 12.9. The van der Waals surface area contributed by atoms with Crippen LogP contribution in [0.3, 0.4) is 0 Å². The van der Waals surface area contributed by atoms with E-state index in [-0.39, 0.29) is 0 Å². The van der Waals surface area contributed by atoms with Crippen LogP contribution in [0.4, 0.5) is 26.3 Å². The summed E-state index contributed by atoms with van der Waals surface area (Å²) in [5.41, 5.74) is 0. The van der Waals surface area contributed by atoms with E-state index < -0.39 is 42.8 Å². The third-order valence-corrected chi connectivity index (χ3v) is 0.838. The van der Waals surface area contributed by atoms with E-state index in [1.807, 2.05) is 0 Å². The quantitative estimate of drug-likeness (QED) is 0.272. The molecule has 13 heteroatoms. The standard InChI is InChI=1S/C5H2F6O2.4ClH.Nb/c6-4(7,8)2(12)1-3(13)5(9,10)11;;;;;/h1,12H;4*1H;/q;;;;;+4/p-4/b2-1-;;;;;. The third kappa shape index (κ3) is 14.8. The second kappa shape index (κ2) is 7.47. The fraction of sp³-hybridized carbons (Fsp3) is 0.400. The van der Waals surface area contributed by atoms with Crippen molar-refractivity contribution >= 4 is 42.5 Å². The van der Waals surface area contributed by atoms with Crippen LogP contribution in [0, 0.1) is 0 Å². The topological polar surface area (TPSA) is 37.3 Å². The van der Waals surface area contributed by atoms with Gasteiger partial charge in [-0.25, -0.2) is 0 Å². The Labute approximate surface area is 115 Å². The van der Waals surface area contributed by atoms with E-state index >= 15 is 0 Å². The number of carbonyl (C=O) groups excluding carboxylic acids is 1. The summed E-state index contributed by atoms with van der Waals surface area (Å²) >= 11 is -3.21. The van der Waals surface area contributed by atoms with Gasteiger partial charge in [-0.3, -0.25) is 4.79 Å². The fourth-order valence-corrected chi connectivity index (χ4v) is 0.288. The van der Waals surface area contributed by atoms with Gasteiger partial charge in [0.05, 0.1) is 0 Å². The molecule has 0 aliphatic rings. The van der Waals surface area contributed by atoms with Gasteiger partial charge in [0.15, 0.2) is 0 Å². The van der Waals surface area contributed by atoms with Gasteiger partial charge in [-0.15, -0.1) is 0 Å². The van der Waals surface area contributed by atoms with Gasteiger partial charge < -0.3 is 5.11 Å². The van der Waals surface area contributed by atoms with Crippen LogP contribution in [-0.4, -0.2) is 23.2 Å². The molecule has 1 N–H and O–H groups in total. The Kier molecular flexibility index (Phi) is 8.71. The van der Waals surface area contributed by atoms with E-state index in [4.69, 9.17) is 41.9 Å². The van der Waals surface area contributed by atoms with Crippen molar-refractivity contribution in [1.29, 1.82) is 0 Å². The number of aliphatic hydroxyl groups is 1. The molecular weight excluding hydrogens is 441 g/mol. The zero-order chi connectivity index (χ0) is 15.4. The summed E-state index contributed by atoms with van der Waals surface area (Å²) in [6.45, 7) is 0. The molecule has 0 aliphatic heterocycles. The average Bonchev–Trinajstić information content (AvgIpc) is 1.96. The van der Waals surface area contributed by atoms with Crippen LogP contribution >= 0.6 is 36.8 Å². The number of halogens is 10. The Hall–Kier alpha value is 0.690. The number of rotatable bonds is 1. The Balaban J connectivity index is 0. The maximum absolute atomic E-state index is 11.4. The van der Waals surface area contributed by atoms with Gasteiger partial charge in [-0.1, -0.05) is 0 Å². The van der Waals surface area contributed by atoms with Crippen LogP contribution in [0.5, 0.6) is 0 Å². The SMILES string of the molecule is O=C(/C=C(\O)C(F)(F)F)C(F)(F)F.[Cl][Nb]([Cl])([Cl])[Cl]. The molecule has 0 spiro atoms. The van der Waals surface area contributed by atoms with Gasteiger partial charge in [-0.05, 0) is 0 Å². The first-order valence-corrected chi connectivity index (χ1v) is 14.6. The second-order valence-corrected chi connectivity index (χ2v) is 22.3. The normalized spacial score (nSPS) is 13.8. The van der Waals surface area contributed by atoms with Gasteiger partial charge in [0.2, 0.25) is 5.76 Å². The molecular formula is C5H2Cl4F6NbO2. The summed E-state index contributed by atoms with van der Waals surface area (Å²) in [6.07, 6.45) is -11.7. The molecule has 0 heterocycles. The Morgan fingerprint density at radius 3 is 1.39 bits per heavy atom. The third-order valence-electron chi connectivity index (χ3n) is 0.838. The molecule has 0 aliphatic carbocycles. The molecule has 0 radical (unpaired) electrons. The predicted molar refractivity (Wildman–Crippen MR) is 51.2 cm³/mol. The molecule has 18 heavy (non-hydrogen) atoms. The van der Waals surface area contributed by atoms with E-state index in [9.17, 15) is 31.1 Å². The fourth-order valence-electron chi connectivity index (χ4n) is 0.288. The number of alkyl halides is 6. The predicted octanol–water partition coefficient (Wildman–Crippen LogP) is 4.88. The van der Waals surface area contributed by atoms with Gasteiger partial charge in [0.1, 0.15) is 0 Å². The molecule has 0 unspecified atom stereocenters. The molecule has 0 bridgehead atoms. The van der Waals surface area contributed by atoms with Crippen LogP contribution in [0.1, 0.15) is 0 Å². The first kappa shape index (κ1) is 21.0. The van der Waals surface area contributed by atoms with E-state index in [2.05, 4.69) is 0 Å². The van der Waals surface area contributed by atoms with Crippen molar-refractivity contribution < 1.29 is 49.0 Å². The van der Waals surface area contributed by atoms with Crippen molar-refractivity contribution in [3.8, 4) is 0 Å². The minimum atomic E-state index is -5.42. The van der Waals surface area contributed by atoms with E-state index in [0.29, 0.717) is 0 Å². The van der Waals surface area contributed by atoms with E-state index in [1.165, 1.54) is 0 Å². The van der Waals surface area contributed by atoms with Gasteiger partial charge in [-0.2, -0.15) is 26.3 Å². The molecule has 0 fully saturated rings. The van der Waals surface area contributed by atoms with Crippen LogP contribution in [-0.2, 0) is 17.6 Å². The van der Waals surface area contributed by atoms with Crippen LogP contribution in [0.25, 0.3) is 0 Å². The van der Waals surface area contributed by atoms with Crippen LogP contribution < -0.4 is 0 Å². The molecule has 0 aromatic rings. The van der Waals surface area contributed by atoms with E-state index in [1.54, 1.807) is 0 Å². The summed E-state index contributed by atoms with van der Waals surface area (Å²) in [7, 11) is 20.1. The van der Waals surface area contributed by atoms with Crippen molar-refractivity contribution in [2.24, 2.45) is 0 Å². The molecule has 0 saturated carbocycles. The monoisotopic (exact) mass is 441 g/mol. The molecule has 0 saturated heterocycles. The van der Waals surface area contributed by atoms with Gasteiger partial charge in [0.25, 0.3) is 5.78 Å². The summed E-state index contributed by atoms with van der Waals surface area (Å²) in [4.78, 5) is 9.86. The number of allylic oxidation sites excluding steroid dienone is 2. The maximum atomic E-state index is 11.4. The second-order valence-electron chi connectivity index (χ2n) is 2.27. The minimum absolute atomic E-state index is 0.917. The number of hydrogen-bond donors (Lipinski definition) is 1. The first-order valence-electron chi connectivity index (χ1n) is 3.32. The zero-order valence-electron chi connectivity index (χ0n) is 7.66. The van der Waals surface area contributed by atoms with Crippen LogP contribution in [0.15, 0.2) is 11.8 Å². The summed E-state index contributed by atoms with van der Waals surface area (Å²) < 4.78 is 68.1. The van der Waals surface area contributed by atoms with Crippen molar-refractivity contribution in [3.05, 3.63) is 11.8 Å². The van der Waals surface area contributed by atoms with Crippen molar-refractivity contribution in [2.75, 3.05) is 0 Å². The Bertz CT molecular complexity index is 313. The number of hydrogen-bond acceptors (Lipinski definition) is 2. The van der Waals surface area contributed by atoms with Gasteiger partial charge >= 0.3 is 61.9 Å². The number of ketones is 1. The summed E-state index contributed by atoms with van der Waals surface area (Å²) in [5, 5.41) is 7.93. The summed E-state index contributed by atoms with van der Waals surface area (Å²) in [5.74, 6) is -5.34. The molecule has 0 rings (SSSR count). The molecule has 0 aromatic heterocycles. The Morgan fingerprint density at radius 1 is 0.944 bits per heavy atom. The molecule has 0 aromatic carbocycles. The number of carbonyl (C=O) groups is 1.